The second-order valence-electron chi connectivity index (χ2n) is 10.7. The van der Waals surface area contributed by atoms with E-state index in [1.165, 1.54) is 33.5 Å². The molecule has 0 unspecified atom stereocenters. The number of nitrogens with one attached hydrogen (secondary N) is 1. The van der Waals surface area contributed by atoms with Crippen LogP contribution in [-0.2, 0) is 37.4 Å². The van der Waals surface area contributed by atoms with Gasteiger partial charge >= 0.3 is 0 Å². The highest BCUT2D eigenvalue weighted by Crippen LogP contribution is 2.27. The molecule has 0 spiro atoms. The molecule has 0 saturated carbocycles. The zero-order valence-corrected chi connectivity index (χ0v) is 28.2. The lowest BCUT2D eigenvalue weighted by Gasteiger charge is -2.31. The molecule has 5 rings (SSSR count). The fraction of sp³-hybridized carbons (Fsp3) is 0.235. The molecule has 47 heavy (non-hydrogen) atoms. The minimum atomic E-state index is -3.69. The van der Waals surface area contributed by atoms with Gasteiger partial charge < -0.3 is 19.7 Å². The third-order valence-electron chi connectivity index (χ3n) is 7.52. The Labute approximate surface area is 289 Å². The summed E-state index contributed by atoms with van der Waals surface area (Å²) in [5.74, 6) is -0.607. The van der Waals surface area contributed by atoms with Crippen LogP contribution in [0.1, 0.15) is 22.7 Å². The van der Waals surface area contributed by atoms with E-state index in [9.17, 15) is 18.0 Å². The minimum absolute atomic E-state index is 0.0742. The van der Waals surface area contributed by atoms with Crippen molar-refractivity contribution in [2.24, 2.45) is 0 Å². The van der Waals surface area contributed by atoms with E-state index in [1.54, 1.807) is 66.7 Å². The van der Waals surface area contributed by atoms with E-state index in [-0.39, 0.29) is 31.1 Å². The van der Waals surface area contributed by atoms with Crippen LogP contribution in [0.15, 0.2) is 102 Å². The van der Waals surface area contributed by atoms with Crippen molar-refractivity contribution in [3.8, 4) is 5.75 Å². The Morgan fingerprint density at radius 1 is 0.872 bits per heavy atom. The highest BCUT2D eigenvalue weighted by molar-refractivity contribution is 7.89. The first-order valence-electron chi connectivity index (χ1n) is 14.7. The molecule has 13 heteroatoms. The molecule has 0 bridgehead atoms. The summed E-state index contributed by atoms with van der Waals surface area (Å²) in [7, 11) is -3.69. The molecule has 9 nitrogen and oxygen atoms in total. The Morgan fingerprint density at radius 2 is 1.53 bits per heavy atom. The number of benzene rings is 4. The molecule has 1 N–H and O–H groups in total. The van der Waals surface area contributed by atoms with Crippen molar-refractivity contribution >= 4 is 56.6 Å². The summed E-state index contributed by atoms with van der Waals surface area (Å²) < 4.78 is 38.5. The number of carbonyl (C=O) groups excluding carboxylic acids is 2. The largest absolute Gasteiger partial charge is 0.484 e. The fourth-order valence-corrected chi connectivity index (χ4v) is 7.04. The van der Waals surface area contributed by atoms with Crippen LogP contribution in [0.3, 0.4) is 0 Å². The molecular weight excluding hydrogens is 685 g/mol. The predicted molar refractivity (Wildman–Crippen MR) is 181 cm³/mol. The number of hydrogen-bond acceptors (Lipinski definition) is 6. The van der Waals surface area contributed by atoms with E-state index < -0.39 is 34.5 Å². The van der Waals surface area contributed by atoms with Crippen LogP contribution in [0.5, 0.6) is 5.75 Å². The number of sulfonamides is 1. The van der Waals surface area contributed by atoms with Crippen LogP contribution >= 0.6 is 34.8 Å². The van der Waals surface area contributed by atoms with Crippen molar-refractivity contribution in [2.75, 3.05) is 32.9 Å². The second-order valence-corrected chi connectivity index (χ2v) is 13.9. The van der Waals surface area contributed by atoms with Crippen molar-refractivity contribution in [1.82, 2.24) is 14.5 Å². The average Bonchev–Trinajstić information content (AvgIpc) is 3.08. The molecule has 1 atom stereocenters. The number of morpholine rings is 1. The van der Waals surface area contributed by atoms with Gasteiger partial charge in [-0.3, -0.25) is 9.59 Å². The van der Waals surface area contributed by atoms with Crippen LogP contribution < -0.4 is 10.1 Å². The van der Waals surface area contributed by atoms with Gasteiger partial charge in [0.05, 0.1) is 18.1 Å². The number of ether oxygens (including phenoxy) is 2. The predicted octanol–water partition coefficient (Wildman–Crippen LogP) is 6.13. The maximum absolute atomic E-state index is 14.0. The Morgan fingerprint density at radius 3 is 2.19 bits per heavy atom. The van der Waals surface area contributed by atoms with Crippen LogP contribution in [0.25, 0.3) is 0 Å². The van der Waals surface area contributed by atoms with Gasteiger partial charge in [-0.25, -0.2) is 8.42 Å². The zero-order chi connectivity index (χ0) is 33.4. The number of hydrogen-bond donors (Lipinski definition) is 1. The summed E-state index contributed by atoms with van der Waals surface area (Å²) in [5.41, 5.74) is 2.00. The van der Waals surface area contributed by atoms with E-state index in [2.05, 4.69) is 5.32 Å². The Bertz CT molecular complexity index is 1790. The Balaban J connectivity index is 1.37. The second kappa shape index (κ2) is 16.0. The number of rotatable bonds is 12. The number of nitrogens with zero attached hydrogens (tertiary/aromatic N) is 2. The third kappa shape index (κ3) is 9.04. The van der Waals surface area contributed by atoms with Gasteiger partial charge in [0.1, 0.15) is 11.8 Å². The van der Waals surface area contributed by atoms with Crippen molar-refractivity contribution in [1.29, 1.82) is 0 Å². The molecule has 1 aliphatic rings. The van der Waals surface area contributed by atoms with Crippen LogP contribution in [0.2, 0.25) is 15.1 Å². The summed E-state index contributed by atoms with van der Waals surface area (Å²) in [6.07, 6.45) is 0. The van der Waals surface area contributed by atoms with Gasteiger partial charge in [-0.05, 0) is 65.2 Å². The van der Waals surface area contributed by atoms with Crippen molar-refractivity contribution in [3.05, 3.63) is 129 Å². The SMILES string of the molecule is O=C(NCc1ccc(Cl)cc1Cl)[C@@H](c1ccccc1)N(Cc1ccc(Cl)cc1)C(=O)COc1ccc(S(=O)(=O)N2CCOCC2)cc1. The molecule has 0 aliphatic carbocycles. The lowest BCUT2D eigenvalue weighted by molar-refractivity contribution is -0.143. The normalized spacial score (nSPS) is 14.3. The Kier molecular flexibility index (Phi) is 11.8. The zero-order valence-electron chi connectivity index (χ0n) is 25.2. The first-order chi connectivity index (χ1) is 22.6. The van der Waals surface area contributed by atoms with Crippen molar-refractivity contribution < 1.29 is 27.5 Å². The highest BCUT2D eigenvalue weighted by Gasteiger charge is 2.32. The minimum Gasteiger partial charge on any atom is -0.484 e. The number of amides is 2. The quantitative estimate of drug-likeness (QED) is 0.189. The molecular formula is C34H32Cl3N3O6S. The van der Waals surface area contributed by atoms with E-state index in [0.29, 0.717) is 45.2 Å². The molecule has 2 amide bonds. The van der Waals surface area contributed by atoms with Gasteiger partial charge in [0, 0.05) is 41.2 Å². The van der Waals surface area contributed by atoms with Gasteiger partial charge in [0.25, 0.3) is 5.91 Å². The van der Waals surface area contributed by atoms with Gasteiger partial charge in [-0.2, -0.15) is 4.31 Å². The monoisotopic (exact) mass is 715 g/mol. The van der Waals surface area contributed by atoms with E-state index in [4.69, 9.17) is 44.3 Å². The van der Waals surface area contributed by atoms with Crippen molar-refractivity contribution in [3.63, 3.8) is 0 Å². The molecule has 1 heterocycles. The third-order valence-corrected chi connectivity index (χ3v) is 10.3. The summed E-state index contributed by atoms with van der Waals surface area (Å²) in [6.45, 7) is 1.01. The van der Waals surface area contributed by atoms with Crippen molar-refractivity contribution in [2.45, 2.75) is 24.0 Å². The van der Waals surface area contributed by atoms with E-state index >= 15 is 0 Å². The molecule has 246 valence electrons. The topological polar surface area (TPSA) is 105 Å². The number of halogens is 3. The summed E-state index contributed by atoms with van der Waals surface area (Å²) in [6, 6.07) is 25.8. The molecule has 0 aromatic heterocycles. The summed E-state index contributed by atoms with van der Waals surface area (Å²) in [4.78, 5) is 29.4. The first kappa shape index (κ1) is 34.7. The molecule has 4 aromatic carbocycles. The van der Waals surface area contributed by atoms with Gasteiger partial charge in [0.2, 0.25) is 15.9 Å². The smallest absolute Gasteiger partial charge is 0.261 e. The van der Waals surface area contributed by atoms with Gasteiger partial charge in [0.15, 0.2) is 6.61 Å². The average molecular weight is 717 g/mol. The maximum Gasteiger partial charge on any atom is 0.261 e. The lowest BCUT2D eigenvalue weighted by atomic mass is 10.0. The Hall–Kier alpha value is -3.64. The van der Waals surface area contributed by atoms with Crippen LogP contribution in [0.4, 0.5) is 0 Å². The molecule has 0 radical (unpaired) electrons. The molecule has 1 saturated heterocycles. The molecule has 1 fully saturated rings. The van der Waals surface area contributed by atoms with E-state index in [0.717, 1.165) is 5.56 Å². The molecule has 4 aromatic rings. The fourth-order valence-electron chi connectivity index (χ4n) is 5.03. The lowest BCUT2D eigenvalue weighted by Crippen LogP contribution is -2.45. The van der Waals surface area contributed by atoms with Gasteiger partial charge in [-0.1, -0.05) is 83.3 Å². The standard InChI is InChI=1S/C34H32Cl3N3O6S/c35-27-9-6-24(7-10-27)22-40(32(41)23-46-29-12-14-30(15-13-29)47(43,44)39-16-18-45-19-17-39)33(25-4-2-1-3-5-25)34(42)38-21-26-8-11-28(36)20-31(26)37/h1-15,20,33H,16-19,21-23H2,(H,38,42)/t33-/m1/s1. The number of carbonyl (C=O) groups is 2. The summed E-state index contributed by atoms with van der Waals surface area (Å²) >= 11 is 18.5. The van der Waals surface area contributed by atoms with Gasteiger partial charge in [-0.15, -0.1) is 0 Å². The van der Waals surface area contributed by atoms with E-state index in [1.807, 2.05) is 6.07 Å². The summed E-state index contributed by atoms with van der Waals surface area (Å²) in [5, 5.41) is 4.33. The first-order valence-corrected chi connectivity index (χ1v) is 17.3. The highest BCUT2D eigenvalue weighted by atomic mass is 35.5. The van der Waals surface area contributed by atoms with Crippen LogP contribution in [-0.4, -0.2) is 62.3 Å². The maximum atomic E-state index is 14.0. The van der Waals surface area contributed by atoms with Crippen LogP contribution in [0, 0.1) is 0 Å². The molecule has 1 aliphatic heterocycles.